The number of para-hydroxylation sites is 1. The van der Waals surface area contributed by atoms with Crippen LogP contribution in [-0.2, 0) is 4.79 Å². The number of rotatable bonds is 4. The van der Waals surface area contributed by atoms with E-state index >= 15 is 0 Å². The van der Waals surface area contributed by atoms with Crippen molar-refractivity contribution in [2.24, 2.45) is 5.92 Å². The second-order valence-corrected chi connectivity index (χ2v) is 5.30. The summed E-state index contributed by atoms with van der Waals surface area (Å²) in [5, 5.41) is 11.3. The first kappa shape index (κ1) is 15.3. The molecule has 0 bridgehead atoms. The van der Waals surface area contributed by atoms with Crippen LogP contribution >= 0.6 is 0 Å². The molecule has 2 N–H and O–H groups in total. The highest BCUT2D eigenvalue weighted by Crippen LogP contribution is 2.22. The number of likely N-dealkylation sites (tertiary alicyclic amines) is 1. The molecule has 0 aromatic heterocycles. The SMILES string of the molecule is O=C(O)CCC1CCCN(C(=O)Nc2ccccc2F)C1. The van der Waals surface area contributed by atoms with Crippen LogP contribution in [0.25, 0.3) is 0 Å². The summed E-state index contributed by atoms with van der Waals surface area (Å²) in [5.41, 5.74) is 0.162. The van der Waals surface area contributed by atoms with Crippen molar-refractivity contribution in [1.82, 2.24) is 4.90 Å². The van der Waals surface area contributed by atoms with Gasteiger partial charge in [-0.2, -0.15) is 0 Å². The number of hydrogen-bond donors (Lipinski definition) is 2. The standard InChI is InChI=1S/C15H19FN2O3/c16-12-5-1-2-6-13(12)17-15(21)18-9-3-4-11(10-18)7-8-14(19)20/h1-2,5-6,11H,3-4,7-10H2,(H,17,21)(H,19,20). The summed E-state index contributed by atoms with van der Waals surface area (Å²) in [6, 6.07) is 5.69. The van der Waals surface area contributed by atoms with Gasteiger partial charge >= 0.3 is 12.0 Å². The van der Waals surface area contributed by atoms with Crippen LogP contribution in [-0.4, -0.2) is 35.1 Å². The summed E-state index contributed by atoms with van der Waals surface area (Å²) < 4.78 is 13.5. The molecule has 1 atom stereocenters. The van der Waals surface area contributed by atoms with Gasteiger partial charge in [0.05, 0.1) is 5.69 Å². The van der Waals surface area contributed by atoms with Gasteiger partial charge in [0.2, 0.25) is 0 Å². The summed E-state index contributed by atoms with van der Waals surface area (Å²) >= 11 is 0. The largest absolute Gasteiger partial charge is 0.481 e. The number of carboxylic acid groups (broad SMARTS) is 1. The van der Waals surface area contributed by atoms with Gasteiger partial charge in [0.15, 0.2) is 0 Å². The van der Waals surface area contributed by atoms with E-state index in [-0.39, 0.29) is 24.1 Å². The second kappa shape index (κ2) is 7.06. The fourth-order valence-corrected chi connectivity index (χ4v) is 2.57. The minimum atomic E-state index is -0.817. The Morgan fingerprint density at radius 3 is 2.86 bits per heavy atom. The Morgan fingerprint density at radius 1 is 1.38 bits per heavy atom. The van der Waals surface area contributed by atoms with E-state index in [9.17, 15) is 14.0 Å². The monoisotopic (exact) mass is 294 g/mol. The molecule has 0 saturated carbocycles. The summed E-state index contributed by atoms with van der Waals surface area (Å²) in [5.74, 6) is -1.09. The van der Waals surface area contributed by atoms with Crippen LogP contribution in [0.1, 0.15) is 25.7 Å². The topological polar surface area (TPSA) is 69.6 Å². The lowest BCUT2D eigenvalue weighted by Crippen LogP contribution is -2.42. The number of carbonyl (C=O) groups excluding carboxylic acids is 1. The normalized spacial score (nSPS) is 18.3. The molecule has 1 saturated heterocycles. The number of amides is 2. The van der Waals surface area contributed by atoms with Crippen molar-refractivity contribution in [2.75, 3.05) is 18.4 Å². The summed E-state index contributed by atoms with van der Waals surface area (Å²) in [7, 11) is 0. The predicted molar refractivity (Wildman–Crippen MR) is 76.6 cm³/mol. The number of benzene rings is 1. The maximum absolute atomic E-state index is 13.5. The molecule has 0 radical (unpaired) electrons. The molecule has 2 amide bonds. The Morgan fingerprint density at radius 2 is 2.14 bits per heavy atom. The minimum absolute atomic E-state index is 0.118. The molecule has 1 aliphatic heterocycles. The van der Waals surface area contributed by atoms with Crippen LogP contribution in [0.3, 0.4) is 0 Å². The van der Waals surface area contributed by atoms with Gasteiger partial charge in [-0.25, -0.2) is 9.18 Å². The molecule has 0 aliphatic carbocycles. The molecule has 0 spiro atoms. The molecular formula is C15H19FN2O3. The minimum Gasteiger partial charge on any atom is -0.481 e. The van der Waals surface area contributed by atoms with Crippen molar-refractivity contribution in [3.05, 3.63) is 30.1 Å². The third-order valence-corrected chi connectivity index (χ3v) is 3.69. The predicted octanol–water partition coefficient (Wildman–Crippen LogP) is 2.93. The lowest BCUT2D eigenvalue weighted by Gasteiger charge is -2.32. The van der Waals surface area contributed by atoms with Crippen LogP contribution in [0.2, 0.25) is 0 Å². The molecule has 1 unspecified atom stereocenters. The van der Waals surface area contributed by atoms with Gasteiger partial charge in [-0.3, -0.25) is 4.79 Å². The molecule has 6 heteroatoms. The number of nitrogens with zero attached hydrogens (tertiary/aromatic N) is 1. The lowest BCUT2D eigenvalue weighted by atomic mass is 9.93. The van der Waals surface area contributed by atoms with Gasteiger partial charge in [0, 0.05) is 19.5 Å². The van der Waals surface area contributed by atoms with E-state index in [1.807, 2.05) is 0 Å². The number of piperidine rings is 1. The highest BCUT2D eigenvalue weighted by atomic mass is 19.1. The first-order valence-electron chi connectivity index (χ1n) is 7.08. The van der Waals surface area contributed by atoms with Crippen molar-refractivity contribution >= 4 is 17.7 Å². The number of halogens is 1. The average molecular weight is 294 g/mol. The van der Waals surface area contributed by atoms with E-state index in [0.29, 0.717) is 19.5 Å². The van der Waals surface area contributed by atoms with Crippen molar-refractivity contribution in [1.29, 1.82) is 0 Å². The van der Waals surface area contributed by atoms with Crippen LogP contribution in [0.5, 0.6) is 0 Å². The Kier molecular flexibility index (Phi) is 5.14. The first-order chi connectivity index (χ1) is 10.1. The van der Waals surface area contributed by atoms with Crippen LogP contribution in [0, 0.1) is 11.7 Å². The van der Waals surface area contributed by atoms with Gasteiger partial charge < -0.3 is 15.3 Å². The van der Waals surface area contributed by atoms with Crippen LogP contribution in [0.4, 0.5) is 14.9 Å². The van der Waals surface area contributed by atoms with E-state index in [4.69, 9.17) is 5.11 Å². The molecule has 1 fully saturated rings. The summed E-state index contributed by atoms with van der Waals surface area (Å²) in [6.07, 6.45) is 2.46. The third-order valence-electron chi connectivity index (χ3n) is 3.69. The maximum atomic E-state index is 13.5. The molecule has 114 valence electrons. The summed E-state index contributed by atoms with van der Waals surface area (Å²) in [4.78, 5) is 24.4. The molecule has 21 heavy (non-hydrogen) atoms. The van der Waals surface area contributed by atoms with Crippen molar-refractivity contribution < 1.29 is 19.1 Å². The fourth-order valence-electron chi connectivity index (χ4n) is 2.57. The zero-order valence-corrected chi connectivity index (χ0v) is 11.7. The number of carboxylic acids is 1. The lowest BCUT2D eigenvalue weighted by molar-refractivity contribution is -0.137. The molecule has 2 rings (SSSR count). The van der Waals surface area contributed by atoms with E-state index in [2.05, 4.69) is 5.32 Å². The zero-order chi connectivity index (χ0) is 15.2. The number of anilines is 1. The number of hydrogen-bond acceptors (Lipinski definition) is 2. The first-order valence-corrected chi connectivity index (χ1v) is 7.08. The Hall–Kier alpha value is -2.11. The van der Waals surface area contributed by atoms with Crippen LogP contribution < -0.4 is 5.32 Å². The number of aliphatic carboxylic acids is 1. The highest BCUT2D eigenvalue weighted by Gasteiger charge is 2.24. The Labute approximate surface area is 122 Å². The molecule has 1 heterocycles. The fraction of sp³-hybridized carbons (Fsp3) is 0.467. The van der Waals surface area contributed by atoms with Gasteiger partial charge in [0.1, 0.15) is 5.82 Å². The average Bonchev–Trinajstić information content (AvgIpc) is 2.48. The number of nitrogens with one attached hydrogen (secondary N) is 1. The van der Waals surface area contributed by atoms with Gasteiger partial charge in [-0.15, -0.1) is 0 Å². The maximum Gasteiger partial charge on any atom is 0.321 e. The second-order valence-electron chi connectivity index (χ2n) is 5.30. The molecular weight excluding hydrogens is 275 g/mol. The van der Waals surface area contributed by atoms with Gasteiger partial charge in [-0.1, -0.05) is 12.1 Å². The third kappa shape index (κ3) is 4.44. The molecule has 1 aromatic carbocycles. The number of carbonyl (C=O) groups is 2. The van der Waals surface area contributed by atoms with Gasteiger partial charge in [-0.05, 0) is 37.3 Å². The van der Waals surface area contributed by atoms with E-state index in [1.54, 1.807) is 17.0 Å². The van der Waals surface area contributed by atoms with Crippen LogP contribution in [0.15, 0.2) is 24.3 Å². The molecule has 5 nitrogen and oxygen atoms in total. The zero-order valence-electron chi connectivity index (χ0n) is 11.7. The van der Waals surface area contributed by atoms with Crippen molar-refractivity contribution in [2.45, 2.75) is 25.7 Å². The Balaban J connectivity index is 1.90. The van der Waals surface area contributed by atoms with E-state index in [0.717, 1.165) is 12.8 Å². The van der Waals surface area contributed by atoms with E-state index < -0.39 is 11.8 Å². The molecule has 1 aromatic rings. The Bertz CT molecular complexity index is 521. The highest BCUT2D eigenvalue weighted by molar-refractivity contribution is 5.89. The smallest absolute Gasteiger partial charge is 0.321 e. The van der Waals surface area contributed by atoms with Gasteiger partial charge in [0.25, 0.3) is 0 Å². The quantitative estimate of drug-likeness (QED) is 0.897. The van der Waals surface area contributed by atoms with E-state index in [1.165, 1.54) is 12.1 Å². The summed E-state index contributed by atoms with van der Waals surface area (Å²) in [6.45, 7) is 1.14. The molecule has 1 aliphatic rings. The van der Waals surface area contributed by atoms with Crippen molar-refractivity contribution in [3.63, 3.8) is 0 Å². The van der Waals surface area contributed by atoms with Crippen molar-refractivity contribution in [3.8, 4) is 0 Å². The number of urea groups is 1.